The molecule has 1 rings (SSSR count). The number of nitrogens with one attached hydrogen (secondary N) is 2. The molecule has 0 aliphatic carbocycles. The van der Waals surface area contributed by atoms with Gasteiger partial charge < -0.3 is 31.5 Å². The van der Waals surface area contributed by atoms with E-state index in [0.29, 0.717) is 25.8 Å². The second kappa shape index (κ2) is 11.3. The number of carbonyl (C=O) groups excluding carboxylic acids is 3. The number of nitrogens with two attached hydrogens (primary N) is 1. The smallest absolute Gasteiger partial charge is 0.326 e. The van der Waals surface area contributed by atoms with E-state index in [-0.39, 0.29) is 11.8 Å². The maximum absolute atomic E-state index is 13.1. The Morgan fingerprint density at radius 3 is 2.10 bits per heavy atom. The minimum Gasteiger partial charge on any atom is -0.480 e. The van der Waals surface area contributed by atoms with E-state index in [2.05, 4.69) is 10.6 Å². The van der Waals surface area contributed by atoms with Crippen molar-refractivity contribution >= 4 is 23.7 Å². The van der Waals surface area contributed by atoms with Gasteiger partial charge in [-0.05, 0) is 31.6 Å². The third-order valence-electron chi connectivity index (χ3n) is 5.67. The maximum Gasteiger partial charge on any atom is 0.326 e. The maximum atomic E-state index is 13.1. The fourth-order valence-corrected chi connectivity index (χ4v) is 3.40. The van der Waals surface area contributed by atoms with E-state index < -0.39 is 54.0 Å². The molecule has 1 aliphatic heterocycles. The van der Waals surface area contributed by atoms with E-state index in [1.54, 1.807) is 20.8 Å². The fraction of sp³-hybridized carbons (Fsp3) is 0.800. The Balaban J connectivity index is 3.01. The van der Waals surface area contributed by atoms with Gasteiger partial charge in [0.2, 0.25) is 17.7 Å². The van der Waals surface area contributed by atoms with Crippen LogP contribution in [-0.4, -0.2) is 75.6 Å². The van der Waals surface area contributed by atoms with Gasteiger partial charge in [0.05, 0.1) is 6.10 Å². The summed E-state index contributed by atoms with van der Waals surface area (Å²) in [5.41, 5.74) is 5.64. The Labute approximate surface area is 177 Å². The highest BCUT2D eigenvalue weighted by Gasteiger charge is 2.40. The lowest BCUT2D eigenvalue weighted by Crippen LogP contribution is -2.60. The number of aliphatic carboxylic acids is 1. The van der Waals surface area contributed by atoms with E-state index in [0.717, 1.165) is 0 Å². The summed E-state index contributed by atoms with van der Waals surface area (Å²) in [6.07, 6.45) is 0.475. The summed E-state index contributed by atoms with van der Waals surface area (Å²) in [6.45, 7) is 8.85. The molecule has 3 amide bonds. The van der Waals surface area contributed by atoms with Crippen molar-refractivity contribution in [2.75, 3.05) is 6.54 Å². The van der Waals surface area contributed by atoms with Gasteiger partial charge in [0.25, 0.3) is 0 Å². The molecule has 0 aromatic heterocycles. The zero-order valence-corrected chi connectivity index (χ0v) is 18.4. The summed E-state index contributed by atoms with van der Waals surface area (Å²) >= 11 is 0. The first-order chi connectivity index (χ1) is 13.9. The zero-order chi connectivity index (χ0) is 23.2. The number of carboxylic acid groups (broad SMARTS) is 1. The molecule has 6 unspecified atom stereocenters. The van der Waals surface area contributed by atoms with Crippen molar-refractivity contribution < 1.29 is 29.4 Å². The molecule has 10 nitrogen and oxygen atoms in total. The minimum atomic E-state index is -1.19. The molecular weight excluding hydrogens is 392 g/mol. The second-order valence-electron chi connectivity index (χ2n) is 8.40. The lowest BCUT2D eigenvalue weighted by molar-refractivity contribution is -0.150. The molecule has 0 radical (unpaired) electrons. The number of carboxylic acids is 1. The van der Waals surface area contributed by atoms with Crippen molar-refractivity contribution in [1.82, 2.24) is 15.5 Å². The van der Waals surface area contributed by atoms with Crippen molar-refractivity contribution in [3.05, 3.63) is 0 Å². The molecule has 1 fully saturated rings. The number of likely N-dealkylation sites (tertiary alicyclic amines) is 1. The monoisotopic (exact) mass is 428 g/mol. The van der Waals surface area contributed by atoms with E-state index >= 15 is 0 Å². The molecule has 6 atom stereocenters. The van der Waals surface area contributed by atoms with Crippen molar-refractivity contribution in [1.29, 1.82) is 0 Å². The normalized spacial score (nSPS) is 21.5. The minimum absolute atomic E-state index is 0.236. The summed E-state index contributed by atoms with van der Waals surface area (Å²) in [5, 5.41) is 24.2. The van der Waals surface area contributed by atoms with Crippen LogP contribution >= 0.6 is 0 Å². The van der Waals surface area contributed by atoms with Gasteiger partial charge in [-0.1, -0.05) is 34.1 Å². The Hall–Kier alpha value is -2.20. The number of aliphatic hydroxyl groups excluding tert-OH is 1. The van der Waals surface area contributed by atoms with E-state index in [1.807, 2.05) is 6.92 Å². The summed E-state index contributed by atoms with van der Waals surface area (Å²) < 4.78 is 0. The molecule has 0 saturated carbocycles. The standard InChI is InChI=1S/C20H36N4O6/c1-6-11(4)16(19(28)24-9-7-8-13(24)20(29)30)23-18(27)15(10(2)3)22-17(26)14(21)12(5)25/h10-16,25H,6-9,21H2,1-5H3,(H,22,26)(H,23,27)(H,29,30). The Bertz CT molecular complexity index is 639. The summed E-state index contributed by atoms with van der Waals surface area (Å²) in [5.74, 6) is -3.26. The number of amides is 3. The molecule has 1 aliphatic rings. The first kappa shape index (κ1) is 25.8. The highest BCUT2D eigenvalue weighted by atomic mass is 16.4. The predicted octanol–water partition coefficient (Wildman–Crippen LogP) is -0.558. The number of carbonyl (C=O) groups is 4. The van der Waals surface area contributed by atoms with Gasteiger partial charge >= 0.3 is 5.97 Å². The molecule has 10 heteroatoms. The van der Waals surface area contributed by atoms with Gasteiger partial charge in [0, 0.05) is 6.54 Å². The molecule has 30 heavy (non-hydrogen) atoms. The lowest BCUT2D eigenvalue weighted by Gasteiger charge is -2.32. The summed E-state index contributed by atoms with van der Waals surface area (Å²) in [7, 11) is 0. The highest BCUT2D eigenvalue weighted by molar-refractivity contribution is 5.94. The average Bonchev–Trinajstić information content (AvgIpc) is 3.17. The first-order valence-electron chi connectivity index (χ1n) is 10.5. The molecular formula is C20H36N4O6. The van der Waals surface area contributed by atoms with Crippen LogP contribution in [0.4, 0.5) is 0 Å². The van der Waals surface area contributed by atoms with Crippen LogP contribution in [0.1, 0.15) is 53.9 Å². The van der Waals surface area contributed by atoms with Crippen LogP contribution in [0.25, 0.3) is 0 Å². The number of rotatable bonds is 10. The van der Waals surface area contributed by atoms with E-state index in [1.165, 1.54) is 11.8 Å². The quantitative estimate of drug-likeness (QED) is 0.311. The first-order valence-corrected chi connectivity index (χ1v) is 10.5. The predicted molar refractivity (Wildman–Crippen MR) is 110 cm³/mol. The molecule has 1 saturated heterocycles. The fourth-order valence-electron chi connectivity index (χ4n) is 3.40. The van der Waals surface area contributed by atoms with Crippen molar-refractivity contribution in [2.45, 2.75) is 84.2 Å². The summed E-state index contributed by atoms with van der Waals surface area (Å²) in [6, 6.07) is -3.96. The van der Waals surface area contributed by atoms with Crippen LogP contribution in [0.5, 0.6) is 0 Å². The number of aliphatic hydroxyl groups is 1. The van der Waals surface area contributed by atoms with Crippen LogP contribution in [0.2, 0.25) is 0 Å². The molecule has 0 spiro atoms. The van der Waals surface area contributed by atoms with Gasteiger partial charge in [0.1, 0.15) is 24.2 Å². The Morgan fingerprint density at radius 2 is 1.63 bits per heavy atom. The third-order valence-corrected chi connectivity index (χ3v) is 5.67. The molecule has 0 aromatic rings. The number of nitrogens with zero attached hydrogens (tertiary/aromatic N) is 1. The van der Waals surface area contributed by atoms with Crippen molar-refractivity contribution in [2.24, 2.45) is 17.6 Å². The van der Waals surface area contributed by atoms with E-state index in [9.17, 15) is 29.4 Å². The zero-order valence-electron chi connectivity index (χ0n) is 18.4. The Kier molecular flexibility index (Phi) is 9.70. The molecule has 0 aromatic carbocycles. The van der Waals surface area contributed by atoms with Crippen LogP contribution in [0, 0.1) is 11.8 Å². The number of hydrogen-bond donors (Lipinski definition) is 5. The van der Waals surface area contributed by atoms with Crippen LogP contribution in [-0.2, 0) is 19.2 Å². The SMILES string of the molecule is CCC(C)C(NC(=O)C(NC(=O)C(N)C(C)O)C(C)C)C(=O)N1CCCC1C(=O)O. The molecule has 1 heterocycles. The van der Waals surface area contributed by atoms with Gasteiger partial charge in [-0.25, -0.2) is 4.79 Å². The van der Waals surface area contributed by atoms with E-state index in [4.69, 9.17) is 5.73 Å². The highest BCUT2D eigenvalue weighted by Crippen LogP contribution is 2.21. The third kappa shape index (κ3) is 6.40. The van der Waals surface area contributed by atoms with Gasteiger partial charge in [0.15, 0.2) is 0 Å². The lowest BCUT2D eigenvalue weighted by atomic mass is 9.95. The van der Waals surface area contributed by atoms with Crippen LogP contribution < -0.4 is 16.4 Å². The number of hydrogen-bond acceptors (Lipinski definition) is 6. The van der Waals surface area contributed by atoms with Crippen molar-refractivity contribution in [3.63, 3.8) is 0 Å². The molecule has 0 bridgehead atoms. The second-order valence-corrected chi connectivity index (χ2v) is 8.40. The van der Waals surface area contributed by atoms with Gasteiger partial charge in [-0.15, -0.1) is 0 Å². The molecule has 172 valence electrons. The van der Waals surface area contributed by atoms with Crippen LogP contribution in [0.3, 0.4) is 0 Å². The van der Waals surface area contributed by atoms with Crippen LogP contribution in [0.15, 0.2) is 0 Å². The summed E-state index contributed by atoms with van der Waals surface area (Å²) in [4.78, 5) is 51.1. The van der Waals surface area contributed by atoms with Gasteiger partial charge in [-0.3, -0.25) is 14.4 Å². The largest absolute Gasteiger partial charge is 0.480 e. The Morgan fingerprint density at radius 1 is 1.07 bits per heavy atom. The van der Waals surface area contributed by atoms with Gasteiger partial charge in [-0.2, -0.15) is 0 Å². The van der Waals surface area contributed by atoms with Crippen molar-refractivity contribution in [3.8, 4) is 0 Å². The topological polar surface area (TPSA) is 162 Å². The average molecular weight is 429 g/mol. The molecule has 6 N–H and O–H groups in total.